The van der Waals surface area contributed by atoms with E-state index in [0.29, 0.717) is 0 Å². The van der Waals surface area contributed by atoms with Crippen molar-refractivity contribution < 1.29 is 46.8 Å². The maximum atomic E-state index is 2.99. The van der Waals surface area contributed by atoms with Crippen molar-refractivity contribution >= 4 is 29.1 Å². The van der Waals surface area contributed by atoms with E-state index >= 15 is 0 Å². The average molecular weight is 1080 g/mol. The van der Waals surface area contributed by atoms with E-state index in [1.165, 1.54) is 88.3 Å². The van der Waals surface area contributed by atoms with Gasteiger partial charge in [-0.15, -0.1) is 46.2 Å². The number of rotatable bonds is 6. The van der Waals surface area contributed by atoms with E-state index in [4.69, 9.17) is 0 Å². The molecule has 10 rings (SSSR count). The maximum absolute atomic E-state index is 2.99. The van der Waals surface area contributed by atoms with E-state index in [0.717, 1.165) is 6.42 Å². The van der Waals surface area contributed by atoms with Gasteiger partial charge in [0, 0.05) is 0 Å². The molecular formula is C64H58Cl2Hf-4. The molecule has 0 N–H and O–H groups in total. The van der Waals surface area contributed by atoms with Crippen LogP contribution in [-0.4, -0.2) is 7.52 Å². The monoisotopic (exact) mass is 1080 g/mol. The summed E-state index contributed by atoms with van der Waals surface area (Å²) in [6, 6.07) is 72.6. The molecule has 1 aliphatic carbocycles. The summed E-state index contributed by atoms with van der Waals surface area (Å²) < 4.78 is 4.92. The zero-order valence-electron chi connectivity index (χ0n) is 39.4. The van der Waals surface area contributed by atoms with Crippen LogP contribution < -0.4 is 24.8 Å². The second kappa shape index (κ2) is 23.3. The summed E-state index contributed by atoms with van der Waals surface area (Å²) in [6.07, 6.45) is 10.0. The predicted molar refractivity (Wildman–Crippen MR) is 281 cm³/mol. The van der Waals surface area contributed by atoms with Crippen LogP contribution in [0, 0.1) is 6.08 Å². The second-order valence-corrected chi connectivity index (χ2v) is 22.1. The van der Waals surface area contributed by atoms with Crippen LogP contribution in [0.2, 0.25) is 0 Å². The van der Waals surface area contributed by atoms with Gasteiger partial charge in [0.15, 0.2) is 0 Å². The molecule has 9 aromatic carbocycles. The van der Waals surface area contributed by atoms with Gasteiger partial charge in [0.05, 0.1) is 0 Å². The normalized spacial score (nSPS) is 11.6. The molecule has 0 amide bonds. The number of benzene rings is 8. The van der Waals surface area contributed by atoms with Crippen LogP contribution in [0.1, 0.15) is 70.2 Å². The molecule has 0 heterocycles. The van der Waals surface area contributed by atoms with Crippen LogP contribution in [0.5, 0.6) is 0 Å². The van der Waals surface area contributed by atoms with Gasteiger partial charge in [0.25, 0.3) is 0 Å². The summed E-state index contributed by atoms with van der Waals surface area (Å²) in [5, 5.41) is 5.36. The first-order valence-electron chi connectivity index (χ1n) is 22.8. The first-order valence-corrected chi connectivity index (χ1v) is 26.9. The second-order valence-electron chi connectivity index (χ2n) is 18.8. The van der Waals surface area contributed by atoms with E-state index in [1.54, 1.807) is 0 Å². The summed E-state index contributed by atoms with van der Waals surface area (Å²) >= 11 is -0.910. The third kappa shape index (κ3) is 13.1. The van der Waals surface area contributed by atoms with Crippen LogP contribution in [0.3, 0.4) is 0 Å². The van der Waals surface area contributed by atoms with Crippen molar-refractivity contribution in [3.63, 3.8) is 0 Å². The number of hydrogen-bond donors (Lipinski definition) is 0. The van der Waals surface area contributed by atoms with Gasteiger partial charge in [-0.3, -0.25) is 6.08 Å². The van der Waals surface area contributed by atoms with Crippen molar-refractivity contribution in [2.45, 2.75) is 58.8 Å². The molecule has 67 heavy (non-hydrogen) atoms. The standard InChI is InChI=1S/C33H33.2C13H10.C5H5.2ClH.Hf/c1-32(2,3)30-20-26-24(18-28(30)22-13-9-7-10-14-22)17-25-19-29(23-15-11-8-12-16-23)31(21-27(25)26)33(4,5)6;2*1-11-7-9-13(10-8-11)12-5-3-2-4-6-12;1-2-4-5-3-1;;;/h7-21H,1-6H3;2*1-10H;1-3H,4H2;2*1H;/q-1;;;-1;;;/p-2. The SMILES string of the molecule is CC(C)(C)c1cc2c(cc1-c1ccccc1)[cH-]c1cc(-c3ccccc3)c(C(C)(C)C)cc12.[C-]1=CC=CC1.[CH](=[Hf]=[CH]c1ccc(-c2ccccc2)cc1)c1ccc(-c2ccccc2)cc1.[Cl-].[Cl-]. The van der Waals surface area contributed by atoms with Gasteiger partial charge in [-0.2, -0.15) is 6.08 Å². The molecule has 0 radical (unpaired) electrons. The molecule has 0 unspecified atom stereocenters. The first-order chi connectivity index (χ1) is 31.5. The Balaban J connectivity index is 0.000000197. The smallest absolute Gasteiger partial charge is 1.00 e. The van der Waals surface area contributed by atoms with Gasteiger partial charge < -0.3 is 24.8 Å². The van der Waals surface area contributed by atoms with Gasteiger partial charge in [-0.05, 0) is 44.2 Å². The fourth-order valence-corrected chi connectivity index (χ4v) is 11.5. The van der Waals surface area contributed by atoms with Gasteiger partial charge in [0.2, 0.25) is 0 Å². The fraction of sp³-hybridized carbons (Fsp3) is 0.141. The van der Waals surface area contributed by atoms with Gasteiger partial charge in [0.1, 0.15) is 0 Å². The van der Waals surface area contributed by atoms with Gasteiger partial charge >= 0.3 is 172 Å². The van der Waals surface area contributed by atoms with E-state index < -0.39 is 21.9 Å². The van der Waals surface area contributed by atoms with Crippen LogP contribution in [0.25, 0.3) is 66.1 Å². The van der Waals surface area contributed by atoms with E-state index in [2.05, 4.69) is 261 Å². The number of allylic oxidation sites excluding steroid dienone is 4. The third-order valence-corrected chi connectivity index (χ3v) is 15.5. The Hall–Kier alpha value is -5.70. The fourth-order valence-electron chi connectivity index (χ4n) is 8.44. The molecule has 0 fully saturated rings. The number of hydrogen-bond acceptors (Lipinski definition) is 0. The average Bonchev–Trinajstić information content (AvgIpc) is 4.04. The Kier molecular flexibility index (Phi) is 17.7. The topological polar surface area (TPSA) is 0 Å². The first kappa shape index (κ1) is 50.7. The minimum absolute atomic E-state index is 0. The summed E-state index contributed by atoms with van der Waals surface area (Å²) in [5.41, 5.74) is 16.0. The molecule has 0 saturated carbocycles. The molecule has 0 atom stereocenters. The van der Waals surface area contributed by atoms with Crippen LogP contribution >= 0.6 is 0 Å². The Morgan fingerprint density at radius 3 is 1.07 bits per heavy atom. The molecule has 3 heteroatoms. The summed E-state index contributed by atoms with van der Waals surface area (Å²) in [7, 11) is 0. The van der Waals surface area contributed by atoms with Crippen LogP contribution in [0.15, 0.2) is 218 Å². The minimum atomic E-state index is -0.910. The maximum Gasteiger partial charge on any atom is -1.00 e. The van der Waals surface area contributed by atoms with Crippen molar-refractivity contribution in [2.75, 3.05) is 0 Å². The van der Waals surface area contributed by atoms with E-state index in [1.807, 2.05) is 12.2 Å². The largest absolute Gasteiger partial charge is 1.00 e. The molecule has 0 bridgehead atoms. The zero-order chi connectivity index (χ0) is 45.2. The van der Waals surface area contributed by atoms with Crippen molar-refractivity contribution in [1.29, 1.82) is 0 Å². The Bertz CT molecular complexity index is 2890. The number of halogens is 2. The molecule has 9 aromatic rings. The number of fused-ring (bicyclic) bond motifs is 3. The van der Waals surface area contributed by atoms with E-state index in [9.17, 15) is 0 Å². The van der Waals surface area contributed by atoms with Crippen LogP contribution in [0.4, 0.5) is 0 Å². The van der Waals surface area contributed by atoms with Gasteiger partial charge in [-0.1, -0.05) is 114 Å². The molecule has 336 valence electrons. The summed E-state index contributed by atoms with van der Waals surface area (Å²) in [6.45, 7) is 13.9. The molecule has 0 aromatic heterocycles. The summed E-state index contributed by atoms with van der Waals surface area (Å²) in [5.74, 6) is 0. The molecular weight excluding hydrogens is 1020 g/mol. The molecule has 0 spiro atoms. The predicted octanol–water partition coefficient (Wildman–Crippen LogP) is 11.1. The van der Waals surface area contributed by atoms with Crippen molar-refractivity contribution in [1.82, 2.24) is 0 Å². The third-order valence-electron chi connectivity index (χ3n) is 11.9. The van der Waals surface area contributed by atoms with Gasteiger partial charge in [-0.25, -0.2) is 12.2 Å². The zero-order valence-corrected chi connectivity index (χ0v) is 44.5. The molecule has 1 aliphatic rings. The van der Waals surface area contributed by atoms with Crippen molar-refractivity contribution in [3.05, 3.63) is 247 Å². The minimum Gasteiger partial charge on any atom is -1.00 e. The van der Waals surface area contributed by atoms with E-state index in [-0.39, 0.29) is 35.6 Å². The van der Waals surface area contributed by atoms with Crippen LogP contribution in [-0.2, 0) is 32.8 Å². The molecule has 0 saturated heterocycles. The Morgan fingerprint density at radius 2 is 0.776 bits per heavy atom. The molecule has 0 aliphatic heterocycles. The quantitative estimate of drug-likeness (QED) is 0.115. The summed E-state index contributed by atoms with van der Waals surface area (Å²) in [4.78, 5) is 0. The Morgan fingerprint density at radius 1 is 0.433 bits per heavy atom. The molecule has 0 nitrogen and oxygen atoms in total. The van der Waals surface area contributed by atoms with Crippen molar-refractivity contribution in [3.8, 4) is 44.5 Å². The Labute approximate surface area is 422 Å². The van der Waals surface area contributed by atoms with Crippen molar-refractivity contribution in [2.24, 2.45) is 0 Å².